The van der Waals surface area contributed by atoms with Crippen LogP contribution < -0.4 is 21.5 Å². The largest absolute Gasteiger partial charge is 0.457 e. The number of aromatic nitrogens is 4. The molecular formula is C30H37ClN8O2. The van der Waals surface area contributed by atoms with Gasteiger partial charge in [-0.05, 0) is 62.1 Å². The lowest BCUT2D eigenvalue weighted by atomic mass is 9.96. The summed E-state index contributed by atoms with van der Waals surface area (Å²) in [6.45, 7) is 6.64. The van der Waals surface area contributed by atoms with Crippen molar-refractivity contribution in [2.75, 3.05) is 45.0 Å². The summed E-state index contributed by atoms with van der Waals surface area (Å²) < 4.78 is 9.44. The second-order valence-corrected chi connectivity index (χ2v) is 11.2. The van der Waals surface area contributed by atoms with E-state index in [-0.39, 0.29) is 24.1 Å². The van der Waals surface area contributed by atoms with Gasteiger partial charge >= 0.3 is 5.69 Å². The highest BCUT2D eigenvalue weighted by Gasteiger charge is 2.34. The Balaban J connectivity index is 0.00000302. The van der Waals surface area contributed by atoms with Crippen LogP contribution in [0.25, 0.3) is 16.9 Å². The van der Waals surface area contributed by atoms with Crippen LogP contribution in [-0.4, -0.2) is 80.3 Å². The summed E-state index contributed by atoms with van der Waals surface area (Å²) in [6, 6.07) is 18.6. The number of rotatable bonds is 6. The van der Waals surface area contributed by atoms with Gasteiger partial charge in [0, 0.05) is 57.4 Å². The van der Waals surface area contributed by atoms with Gasteiger partial charge in [-0.1, -0.05) is 18.2 Å². The van der Waals surface area contributed by atoms with Gasteiger partial charge in [0.2, 0.25) is 0 Å². The van der Waals surface area contributed by atoms with Crippen LogP contribution in [0.2, 0.25) is 0 Å². The topological polar surface area (TPSA) is 106 Å². The molecule has 41 heavy (non-hydrogen) atoms. The van der Waals surface area contributed by atoms with Crippen LogP contribution >= 0.6 is 12.4 Å². The third-order valence-electron chi connectivity index (χ3n) is 8.91. The third kappa shape index (κ3) is 5.32. The molecule has 2 aromatic carbocycles. The smallest absolute Gasteiger partial charge is 0.335 e. The predicted molar refractivity (Wildman–Crippen MR) is 162 cm³/mol. The number of fused-ring (bicyclic) bond motifs is 1. The molecule has 2 aromatic heterocycles. The molecule has 3 saturated heterocycles. The summed E-state index contributed by atoms with van der Waals surface area (Å²) >= 11 is 0. The fraction of sp³-hybridized carbons (Fsp3) is 0.433. The average molecular weight is 577 g/mol. The lowest BCUT2D eigenvalue weighted by Gasteiger charge is -2.46. The van der Waals surface area contributed by atoms with Gasteiger partial charge in [0.15, 0.2) is 11.5 Å². The van der Waals surface area contributed by atoms with Crippen molar-refractivity contribution >= 4 is 29.4 Å². The van der Waals surface area contributed by atoms with Crippen LogP contribution in [0.4, 0.5) is 5.82 Å². The lowest BCUT2D eigenvalue weighted by molar-refractivity contribution is 0.0502. The van der Waals surface area contributed by atoms with E-state index >= 15 is 0 Å². The number of halogens is 1. The number of nitrogens with zero attached hydrogens (tertiary/aromatic N) is 6. The Hall–Kier alpha value is -3.44. The SMILES string of the molecule is Cl.Nc1ncnc2c1n(-c1ccc(Oc3ccccc3)cc1)c(=O)n2C1CCN(C2CCN(C3CNC3)CC2)CC1. The van der Waals surface area contributed by atoms with Gasteiger partial charge in [0.1, 0.15) is 23.3 Å². The highest BCUT2D eigenvalue weighted by molar-refractivity contribution is 5.85. The molecule has 5 heterocycles. The molecule has 216 valence electrons. The number of likely N-dealkylation sites (tertiary alicyclic amines) is 2. The molecule has 7 rings (SSSR count). The Morgan fingerprint density at radius 3 is 2.02 bits per heavy atom. The van der Waals surface area contributed by atoms with E-state index in [1.807, 2.05) is 59.2 Å². The molecular weight excluding hydrogens is 540 g/mol. The van der Waals surface area contributed by atoms with Crippen LogP contribution in [0.1, 0.15) is 31.7 Å². The minimum absolute atomic E-state index is 0. The van der Waals surface area contributed by atoms with Gasteiger partial charge < -0.3 is 20.7 Å². The zero-order valence-electron chi connectivity index (χ0n) is 23.1. The number of benzene rings is 2. The van der Waals surface area contributed by atoms with E-state index in [9.17, 15) is 4.79 Å². The van der Waals surface area contributed by atoms with Crippen molar-refractivity contribution in [3.05, 3.63) is 71.4 Å². The molecule has 3 N–H and O–H groups in total. The number of ether oxygens (including phenoxy) is 1. The molecule has 3 fully saturated rings. The summed E-state index contributed by atoms with van der Waals surface area (Å²) in [4.78, 5) is 28.0. The zero-order valence-corrected chi connectivity index (χ0v) is 23.9. The number of hydrogen-bond acceptors (Lipinski definition) is 8. The van der Waals surface area contributed by atoms with E-state index in [4.69, 9.17) is 10.5 Å². The molecule has 0 amide bonds. The summed E-state index contributed by atoms with van der Waals surface area (Å²) in [5, 5.41) is 3.39. The van der Waals surface area contributed by atoms with E-state index in [0.29, 0.717) is 34.5 Å². The molecule has 0 radical (unpaired) electrons. The number of nitrogens with one attached hydrogen (secondary N) is 1. The Morgan fingerprint density at radius 2 is 1.39 bits per heavy atom. The first-order valence-corrected chi connectivity index (χ1v) is 14.4. The summed E-state index contributed by atoms with van der Waals surface area (Å²) in [5.74, 6) is 1.75. The van der Waals surface area contributed by atoms with Gasteiger partial charge in [-0.2, -0.15) is 0 Å². The fourth-order valence-electron chi connectivity index (χ4n) is 6.58. The number of piperidine rings is 2. The van der Waals surface area contributed by atoms with Gasteiger partial charge in [-0.15, -0.1) is 12.4 Å². The first kappa shape index (κ1) is 27.7. The lowest BCUT2D eigenvalue weighted by Crippen LogP contribution is -2.60. The standard InChI is InChI=1S/C30H36N8O2.ClH/c31-28-27-29(34-20-33-28)38(23-12-16-35(17-13-23)21-10-14-36(15-11-21)24-18-32-19-24)30(39)37(27)22-6-8-26(9-7-22)40-25-4-2-1-3-5-25;/h1-9,20-21,23-24,32H,10-19H2,(H2,31,33,34);1H. The number of anilines is 1. The van der Waals surface area contributed by atoms with E-state index in [2.05, 4.69) is 25.1 Å². The average Bonchev–Trinajstić information content (AvgIpc) is 3.26. The van der Waals surface area contributed by atoms with Crippen molar-refractivity contribution in [2.45, 2.75) is 43.8 Å². The van der Waals surface area contributed by atoms with Crippen molar-refractivity contribution in [1.29, 1.82) is 0 Å². The molecule has 3 aliphatic heterocycles. The van der Waals surface area contributed by atoms with Crippen LogP contribution in [-0.2, 0) is 0 Å². The normalized spacial score (nSPS) is 19.6. The Morgan fingerprint density at radius 1 is 0.780 bits per heavy atom. The Labute approximate surface area is 245 Å². The minimum atomic E-state index is -0.125. The van der Waals surface area contributed by atoms with Crippen LogP contribution in [0.3, 0.4) is 0 Å². The van der Waals surface area contributed by atoms with E-state index < -0.39 is 0 Å². The molecule has 11 heteroatoms. The number of nitrogens with two attached hydrogens (primary N) is 1. The van der Waals surface area contributed by atoms with Crippen molar-refractivity contribution in [3.63, 3.8) is 0 Å². The maximum Gasteiger partial charge on any atom is 0.335 e. The van der Waals surface area contributed by atoms with Crippen molar-refractivity contribution in [2.24, 2.45) is 0 Å². The summed E-state index contributed by atoms with van der Waals surface area (Å²) in [5.41, 5.74) is 8.08. The molecule has 0 unspecified atom stereocenters. The quantitative estimate of drug-likeness (QED) is 0.359. The monoisotopic (exact) mass is 576 g/mol. The molecule has 0 bridgehead atoms. The van der Waals surface area contributed by atoms with Crippen LogP contribution in [0.15, 0.2) is 65.7 Å². The zero-order chi connectivity index (χ0) is 27.1. The number of hydrogen-bond donors (Lipinski definition) is 2. The highest BCUT2D eigenvalue weighted by Crippen LogP contribution is 2.31. The Kier molecular flexibility index (Phi) is 7.99. The molecule has 3 aliphatic rings. The van der Waals surface area contributed by atoms with Gasteiger partial charge in [0.25, 0.3) is 0 Å². The maximum atomic E-state index is 14.0. The Bertz CT molecular complexity index is 1520. The van der Waals surface area contributed by atoms with E-state index in [1.54, 1.807) is 4.57 Å². The molecule has 0 atom stereocenters. The number of para-hydroxylation sites is 1. The fourth-order valence-corrected chi connectivity index (χ4v) is 6.58. The summed E-state index contributed by atoms with van der Waals surface area (Å²) in [6.07, 6.45) is 5.75. The predicted octanol–water partition coefficient (Wildman–Crippen LogP) is 3.45. The second-order valence-electron chi connectivity index (χ2n) is 11.2. The van der Waals surface area contributed by atoms with Gasteiger partial charge in [-0.3, -0.25) is 14.0 Å². The number of nitrogen functional groups attached to an aromatic ring is 1. The first-order chi connectivity index (χ1) is 19.7. The van der Waals surface area contributed by atoms with Gasteiger partial charge in [0.05, 0.1) is 5.69 Å². The molecule has 10 nitrogen and oxygen atoms in total. The van der Waals surface area contributed by atoms with Crippen molar-refractivity contribution < 1.29 is 4.74 Å². The number of imidazole rings is 1. The van der Waals surface area contributed by atoms with Crippen molar-refractivity contribution in [1.82, 2.24) is 34.2 Å². The second kappa shape index (κ2) is 11.8. The molecule has 0 spiro atoms. The molecule has 4 aromatic rings. The molecule has 0 aliphatic carbocycles. The third-order valence-corrected chi connectivity index (χ3v) is 8.91. The van der Waals surface area contributed by atoms with Crippen LogP contribution in [0.5, 0.6) is 11.5 Å². The molecule has 0 saturated carbocycles. The van der Waals surface area contributed by atoms with Crippen LogP contribution in [0, 0.1) is 0 Å². The summed E-state index contributed by atoms with van der Waals surface area (Å²) in [7, 11) is 0. The van der Waals surface area contributed by atoms with E-state index in [0.717, 1.165) is 50.8 Å². The first-order valence-electron chi connectivity index (χ1n) is 14.4. The highest BCUT2D eigenvalue weighted by atomic mass is 35.5. The minimum Gasteiger partial charge on any atom is -0.457 e. The maximum absolute atomic E-state index is 14.0. The van der Waals surface area contributed by atoms with Gasteiger partial charge in [-0.25, -0.2) is 14.8 Å². The van der Waals surface area contributed by atoms with Crippen molar-refractivity contribution in [3.8, 4) is 17.2 Å². The van der Waals surface area contributed by atoms with E-state index in [1.165, 1.54) is 32.3 Å².